The van der Waals surface area contributed by atoms with Crippen molar-refractivity contribution in [3.8, 4) is 0 Å². The molecule has 0 radical (unpaired) electrons. The Morgan fingerprint density at radius 1 is 1.28 bits per heavy atom. The summed E-state index contributed by atoms with van der Waals surface area (Å²) in [5.41, 5.74) is 0.972. The van der Waals surface area contributed by atoms with Crippen LogP contribution in [0.5, 0.6) is 0 Å². The third-order valence-corrected chi connectivity index (χ3v) is 2.21. The van der Waals surface area contributed by atoms with Gasteiger partial charge >= 0.3 is 5.97 Å². The van der Waals surface area contributed by atoms with Gasteiger partial charge < -0.3 is 14.6 Å². The summed E-state index contributed by atoms with van der Waals surface area (Å²) in [5.74, 6) is -0.923. The van der Waals surface area contributed by atoms with Gasteiger partial charge in [-0.3, -0.25) is 0 Å². The number of ether oxygens (including phenoxy) is 2. The van der Waals surface area contributed by atoms with Crippen molar-refractivity contribution in [1.82, 2.24) is 0 Å². The molecule has 1 N–H and O–H groups in total. The number of carboxylic acid groups (broad SMARTS) is 1. The number of carbonyl (C=O) groups is 1. The second kappa shape index (κ2) is 6.52. The highest BCUT2D eigenvalue weighted by atomic mass is 16.5. The summed E-state index contributed by atoms with van der Waals surface area (Å²) < 4.78 is 10.9. The zero-order chi connectivity index (χ0) is 13.6. The molecule has 0 aromatic heterocycles. The Balaban J connectivity index is 2.31. The first-order chi connectivity index (χ1) is 8.38. The normalized spacial score (nSPS) is 11.5. The van der Waals surface area contributed by atoms with E-state index < -0.39 is 5.97 Å². The molecular weight excluding hydrogens is 232 g/mol. The molecule has 0 saturated carbocycles. The fourth-order valence-corrected chi connectivity index (χ4v) is 1.39. The first-order valence-electron chi connectivity index (χ1n) is 5.92. The number of aromatic carboxylic acids is 1. The van der Waals surface area contributed by atoms with E-state index in [9.17, 15) is 4.79 Å². The molecule has 4 nitrogen and oxygen atoms in total. The maximum atomic E-state index is 10.8. The Morgan fingerprint density at radius 3 is 2.61 bits per heavy atom. The van der Waals surface area contributed by atoms with Gasteiger partial charge in [-0.15, -0.1) is 0 Å². The number of hydrogen-bond donors (Lipinski definition) is 1. The van der Waals surface area contributed by atoms with Crippen molar-refractivity contribution >= 4 is 5.97 Å². The number of carboxylic acids is 1. The van der Waals surface area contributed by atoms with Crippen molar-refractivity contribution in [2.45, 2.75) is 33.0 Å². The Bertz CT molecular complexity index is 393. The third kappa shape index (κ3) is 5.80. The van der Waals surface area contributed by atoms with E-state index >= 15 is 0 Å². The molecule has 0 heterocycles. The molecule has 0 spiro atoms. The SMILES string of the molecule is CC(C)(C)OCCOCc1cccc(C(=O)O)c1. The number of hydrogen-bond acceptors (Lipinski definition) is 3. The third-order valence-electron chi connectivity index (χ3n) is 2.21. The average molecular weight is 252 g/mol. The molecule has 1 aromatic carbocycles. The van der Waals surface area contributed by atoms with Crippen LogP contribution in [0.4, 0.5) is 0 Å². The van der Waals surface area contributed by atoms with E-state index in [1.807, 2.05) is 26.8 Å². The Kier molecular flexibility index (Phi) is 5.31. The number of rotatable bonds is 6. The quantitative estimate of drug-likeness (QED) is 0.791. The van der Waals surface area contributed by atoms with Crippen LogP contribution < -0.4 is 0 Å². The van der Waals surface area contributed by atoms with Gasteiger partial charge in [0.1, 0.15) is 0 Å². The van der Waals surface area contributed by atoms with E-state index in [1.165, 1.54) is 0 Å². The largest absolute Gasteiger partial charge is 0.478 e. The summed E-state index contributed by atoms with van der Waals surface area (Å²) in [5, 5.41) is 8.85. The van der Waals surface area contributed by atoms with Gasteiger partial charge in [-0.1, -0.05) is 12.1 Å². The summed E-state index contributed by atoms with van der Waals surface area (Å²) >= 11 is 0. The van der Waals surface area contributed by atoms with Gasteiger partial charge in [-0.05, 0) is 38.5 Å². The molecule has 0 bridgehead atoms. The first kappa shape index (κ1) is 14.7. The molecule has 0 aliphatic heterocycles. The van der Waals surface area contributed by atoms with E-state index in [0.29, 0.717) is 19.8 Å². The lowest BCUT2D eigenvalue weighted by atomic mass is 10.1. The molecule has 1 rings (SSSR count). The summed E-state index contributed by atoms with van der Waals surface area (Å²) in [6.45, 7) is 7.39. The van der Waals surface area contributed by atoms with Crippen molar-refractivity contribution in [3.05, 3.63) is 35.4 Å². The minimum atomic E-state index is -0.923. The molecule has 1 aromatic rings. The predicted octanol–water partition coefficient (Wildman–Crippen LogP) is 2.72. The van der Waals surface area contributed by atoms with Gasteiger partial charge in [0.15, 0.2) is 0 Å². The zero-order valence-corrected chi connectivity index (χ0v) is 11.1. The average Bonchev–Trinajstić information content (AvgIpc) is 2.27. The molecule has 100 valence electrons. The van der Waals surface area contributed by atoms with Crippen molar-refractivity contribution in [2.75, 3.05) is 13.2 Å². The van der Waals surface area contributed by atoms with Crippen molar-refractivity contribution < 1.29 is 19.4 Å². The molecular formula is C14H20O4. The van der Waals surface area contributed by atoms with Gasteiger partial charge in [0.05, 0.1) is 31.0 Å². The molecule has 0 amide bonds. The van der Waals surface area contributed by atoms with Crippen LogP contribution in [-0.2, 0) is 16.1 Å². The van der Waals surface area contributed by atoms with E-state index in [2.05, 4.69) is 0 Å². The fourth-order valence-electron chi connectivity index (χ4n) is 1.39. The van der Waals surface area contributed by atoms with E-state index in [4.69, 9.17) is 14.6 Å². The van der Waals surface area contributed by atoms with Crippen molar-refractivity contribution in [3.63, 3.8) is 0 Å². The van der Waals surface area contributed by atoms with Crippen molar-refractivity contribution in [2.24, 2.45) is 0 Å². The van der Waals surface area contributed by atoms with E-state index in [0.717, 1.165) is 5.56 Å². The van der Waals surface area contributed by atoms with Gasteiger partial charge in [0.25, 0.3) is 0 Å². The molecule has 18 heavy (non-hydrogen) atoms. The Morgan fingerprint density at radius 2 is 2.00 bits per heavy atom. The second-order valence-corrected chi connectivity index (χ2v) is 5.02. The first-order valence-corrected chi connectivity index (χ1v) is 5.92. The molecule has 0 aliphatic carbocycles. The van der Waals surface area contributed by atoms with E-state index in [-0.39, 0.29) is 11.2 Å². The summed E-state index contributed by atoms with van der Waals surface area (Å²) in [6, 6.07) is 6.74. The minimum absolute atomic E-state index is 0.160. The standard InChI is InChI=1S/C14H20O4/c1-14(2,3)18-8-7-17-10-11-5-4-6-12(9-11)13(15)16/h4-6,9H,7-8,10H2,1-3H3,(H,15,16). The molecule has 0 unspecified atom stereocenters. The lowest BCUT2D eigenvalue weighted by Gasteiger charge is -2.19. The predicted molar refractivity (Wildman–Crippen MR) is 68.8 cm³/mol. The van der Waals surface area contributed by atoms with Gasteiger partial charge in [-0.2, -0.15) is 0 Å². The van der Waals surface area contributed by atoms with Crippen LogP contribution in [0.3, 0.4) is 0 Å². The summed E-state index contributed by atoms with van der Waals surface area (Å²) in [6.07, 6.45) is 0. The number of benzene rings is 1. The van der Waals surface area contributed by atoms with Crippen LogP contribution in [0.2, 0.25) is 0 Å². The maximum Gasteiger partial charge on any atom is 0.335 e. The Hall–Kier alpha value is -1.39. The second-order valence-electron chi connectivity index (χ2n) is 5.02. The highest BCUT2D eigenvalue weighted by Crippen LogP contribution is 2.08. The van der Waals surface area contributed by atoms with Crippen LogP contribution in [0, 0.1) is 0 Å². The van der Waals surface area contributed by atoms with E-state index in [1.54, 1.807) is 18.2 Å². The fraction of sp³-hybridized carbons (Fsp3) is 0.500. The van der Waals surface area contributed by atoms with Gasteiger partial charge in [0.2, 0.25) is 0 Å². The Labute approximate surface area is 108 Å². The van der Waals surface area contributed by atoms with Crippen LogP contribution in [-0.4, -0.2) is 29.9 Å². The minimum Gasteiger partial charge on any atom is -0.478 e. The zero-order valence-electron chi connectivity index (χ0n) is 11.1. The molecule has 0 atom stereocenters. The monoisotopic (exact) mass is 252 g/mol. The maximum absolute atomic E-state index is 10.8. The molecule has 4 heteroatoms. The molecule has 0 fully saturated rings. The smallest absolute Gasteiger partial charge is 0.335 e. The van der Waals surface area contributed by atoms with Crippen molar-refractivity contribution in [1.29, 1.82) is 0 Å². The highest BCUT2D eigenvalue weighted by Gasteiger charge is 2.09. The van der Waals surface area contributed by atoms with Gasteiger partial charge in [-0.25, -0.2) is 4.79 Å². The van der Waals surface area contributed by atoms with Crippen LogP contribution in [0.1, 0.15) is 36.7 Å². The van der Waals surface area contributed by atoms with Crippen LogP contribution in [0.15, 0.2) is 24.3 Å². The van der Waals surface area contributed by atoms with Gasteiger partial charge in [0, 0.05) is 0 Å². The highest BCUT2D eigenvalue weighted by molar-refractivity contribution is 5.87. The van der Waals surface area contributed by atoms with Crippen LogP contribution >= 0.6 is 0 Å². The lowest BCUT2D eigenvalue weighted by Crippen LogP contribution is -2.21. The topological polar surface area (TPSA) is 55.8 Å². The molecule has 0 saturated heterocycles. The lowest BCUT2D eigenvalue weighted by molar-refractivity contribution is -0.0376. The summed E-state index contributed by atoms with van der Waals surface area (Å²) in [4.78, 5) is 10.8. The summed E-state index contributed by atoms with van der Waals surface area (Å²) in [7, 11) is 0. The molecule has 0 aliphatic rings. The van der Waals surface area contributed by atoms with Crippen LogP contribution in [0.25, 0.3) is 0 Å².